The van der Waals surface area contributed by atoms with Crippen LogP contribution in [0, 0.1) is 0 Å². The zero-order valence-corrected chi connectivity index (χ0v) is 13.4. The number of anilines is 3. The molecule has 0 spiro atoms. The van der Waals surface area contributed by atoms with Crippen molar-refractivity contribution >= 4 is 17.1 Å². The van der Waals surface area contributed by atoms with Crippen LogP contribution in [0.2, 0.25) is 0 Å². The van der Waals surface area contributed by atoms with Crippen LogP contribution in [-0.2, 0) is 10.8 Å². The summed E-state index contributed by atoms with van der Waals surface area (Å²) < 4.78 is 0. The third-order valence-corrected chi connectivity index (χ3v) is 5.30. The number of rotatable bonds is 1. The Bertz CT molecular complexity index is 733. The zero-order chi connectivity index (χ0) is 16.3. The summed E-state index contributed by atoms with van der Waals surface area (Å²) in [6.07, 6.45) is 0. The second-order valence-corrected chi connectivity index (χ2v) is 7.06. The molecule has 116 valence electrons. The first-order valence-corrected chi connectivity index (χ1v) is 7.50. The van der Waals surface area contributed by atoms with Gasteiger partial charge in [-0.15, -0.1) is 0 Å². The summed E-state index contributed by atoms with van der Waals surface area (Å²) in [5, 5.41) is 0. The Morgan fingerprint density at radius 2 is 1.45 bits per heavy atom. The number of benzene rings is 2. The maximum atomic E-state index is 6.70. The normalized spacial score (nSPS) is 25.9. The fourth-order valence-corrected chi connectivity index (χ4v) is 4.03. The van der Waals surface area contributed by atoms with Gasteiger partial charge in [0.25, 0.3) is 0 Å². The molecular weight excluding hydrogens is 272 g/mol. The molecule has 2 aromatic rings. The lowest BCUT2D eigenvalue weighted by Crippen LogP contribution is -2.48. The van der Waals surface area contributed by atoms with Crippen molar-refractivity contribution < 1.29 is 0 Å². The van der Waals surface area contributed by atoms with Gasteiger partial charge >= 0.3 is 0 Å². The molecule has 22 heavy (non-hydrogen) atoms. The Balaban J connectivity index is 2.33. The van der Waals surface area contributed by atoms with E-state index in [1.165, 1.54) is 0 Å². The minimum absolute atomic E-state index is 0.109. The van der Waals surface area contributed by atoms with E-state index < -0.39 is 0 Å². The molecule has 0 bridgehead atoms. The minimum atomic E-state index is -0.351. The van der Waals surface area contributed by atoms with Crippen molar-refractivity contribution in [2.24, 2.45) is 5.73 Å². The Morgan fingerprint density at radius 3 is 2.05 bits per heavy atom. The molecule has 1 aliphatic carbocycles. The average molecular weight is 296 g/mol. The van der Waals surface area contributed by atoms with Crippen molar-refractivity contribution in [3.05, 3.63) is 53.1 Å². The fourth-order valence-electron chi connectivity index (χ4n) is 4.03. The molecule has 0 saturated heterocycles. The van der Waals surface area contributed by atoms with E-state index in [2.05, 4.69) is 20.8 Å². The maximum absolute atomic E-state index is 6.70. The molecule has 2 aromatic carbocycles. The van der Waals surface area contributed by atoms with Gasteiger partial charge in [-0.05, 0) is 47.9 Å². The first-order chi connectivity index (χ1) is 10.2. The Kier molecular flexibility index (Phi) is 2.94. The molecule has 0 radical (unpaired) electrons. The predicted octanol–water partition coefficient (Wildman–Crippen LogP) is 2.36. The largest absolute Gasteiger partial charge is 0.399 e. The third-order valence-electron chi connectivity index (χ3n) is 5.30. The number of nitrogen functional groups attached to an aromatic ring is 3. The highest BCUT2D eigenvalue weighted by Gasteiger charge is 2.53. The molecule has 0 fully saturated rings. The molecule has 2 atom stereocenters. The van der Waals surface area contributed by atoms with E-state index >= 15 is 0 Å². The van der Waals surface area contributed by atoms with E-state index in [1.54, 1.807) is 0 Å². The van der Waals surface area contributed by atoms with Gasteiger partial charge in [-0.1, -0.05) is 26.0 Å². The molecule has 4 nitrogen and oxygen atoms in total. The lowest BCUT2D eigenvalue weighted by atomic mass is 9.71. The second-order valence-electron chi connectivity index (χ2n) is 7.06. The van der Waals surface area contributed by atoms with Gasteiger partial charge in [0.1, 0.15) is 0 Å². The number of nitrogens with two attached hydrogens (primary N) is 4. The van der Waals surface area contributed by atoms with Crippen molar-refractivity contribution in [3.63, 3.8) is 0 Å². The quantitative estimate of drug-likeness (QED) is 0.606. The van der Waals surface area contributed by atoms with Crippen LogP contribution in [0.4, 0.5) is 17.1 Å². The molecule has 3 rings (SSSR count). The van der Waals surface area contributed by atoms with Gasteiger partial charge in [0.2, 0.25) is 0 Å². The summed E-state index contributed by atoms with van der Waals surface area (Å²) in [5.74, 6) is 0. The number of hydrogen-bond donors (Lipinski definition) is 4. The van der Waals surface area contributed by atoms with Crippen molar-refractivity contribution in [3.8, 4) is 0 Å². The minimum Gasteiger partial charge on any atom is -0.399 e. The highest BCUT2D eigenvalue weighted by molar-refractivity contribution is 5.70. The van der Waals surface area contributed by atoms with Crippen molar-refractivity contribution in [1.29, 1.82) is 0 Å². The standard InChI is InChI=1S/C18H24N4/c1-17(2)15-13(8-12(20)9-14(15)21)18(3,16(17)22)10-4-6-11(19)7-5-10/h4-9,16H,19-22H2,1-3H3. The maximum Gasteiger partial charge on any atom is 0.0376 e. The van der Waals surface area contributed by atoms with Crippen LogP contribution < -0.4 is 22.9 Å². The van der Waals surface area contributed by atoms with Gasteiger partial charge in [0.15, 0.2) is 0 Å². The van der Waals surface area contributed by atoms with Gasteiger partial charge in [-0.3, -0.25) is 0 Å². The molecule has 2 unspecified atom stereocenters. The van der Waals surface area contributed by atoms with E-state index in [0.717, 1.165) is 28.1 Å². The Morgan fingerprint density at radius 1 is 0.864 bits per heavy atom. The summed E-state index contributed by atoms with van der Waals surface area (Å²) in [4.78, 5) is 0. The van der Waals surface area contributed by atoms with Crippen LogP contribution in [0.3, 0.4) is 0 Å². The SMILES string of the molecule is CC1(C)c2c(N)cc(N)cc2C(C)(c2ccc(N)cc2)C1N. The molecule has 0 amide bonds. The zero-order valence-electron chi connectivity index (χ0n) is 13.4. The summed E-state index contributed by atoms with van der Waals surface area (Å²) in [6, 6.07) is 11.6. The van der Waals surface area contributed by atoms with Gasteiger partial charge in [-0.25, -0.2) is 0 Å². The summed E-state index contributed by atoms with van der Waals surface area (Å²) in [5.41, 5.74) is 29.8. The summed E-state index contributed by atoms with van der Waals surface area (Å²) in [6.45, 7) is 6.45. The van der Waals surface area contributed by atoms with Crippen LogP contribution in [0.25, 0.3) is 0 Å². The Labute approximate surface area is 131 Å². The molecule has 0 saturated carbocycles. The van der Waals surface area contributed by atoms with Gasteiger partial charge < -0.3 is 22.9 Å². The number of fused-ring (bicyclic) bond motifs is 1. The van der Waals surface area contributed by atoms with Gasteiger partial charge in [0.05, 0.1) is 0 Å². The van der Waals surface area contributed by atoms with Crippen LogP contribution in [0.1, 0.15) is 37.5 Å². The molecule has 0 aliphatic heterocycles. The van der Waals surface area contributed by atoms with Crippen molar-refractivity contribution in [2.75, 3.05) is 17.2 Å². The first-order valence-electron chi connectivity index (χ1n) is 7.50. The Hall–Kier alpha value is -2.20. The molecule has 0 heterocycles. The molecule has 1 aliphatic rings. The first kappa shape index (κ1) is 14.7. The van der Waals surface area contributed by atoms with E-state index in [0.29, 0.717) is 5.69 Å². The van der Waals surface area contributed by atoms with E-state index in [1.807, 2.05) is 36.4 Å². The second kappa shape index (κ2) is 4.40. The topological polar surface area (TPSA) is 104 Å². The molecule has 8 N–H and O–H groups in total. The van der Waals surface area contributed by atoms with Crippen LogP contribution >= 0.6 is 0 Å². The molecular formula is C18H24N4. The highest BCUT2D eigenvalue weighted by Crippen LogP contribution is 2.54. The van der Waals surface area contributed by atoms with Crippen LogP contribution in [-0.4, -0.2) is 6.04 Å². The highest BCUT2D eigenvalue weighted by atomic mass is 14.8. The van der Waals surface area contributed by atoms with Gasteiger partial charge in [0, 0.05) is 33.9 Å². The van der Waals surface area contributed by atoms with Crippen LogP contribution in [0.15, 0.2) is 36.4 Å². The summed E-state index contributed by atoms with van der Waals surface area (Å²) in [7, 11) is 0. The van der Waals surface area contributed by atoms with E-state index in [-0.39, 0.29) is 16.9 Å². The average Bonchev–Trinajstić information content (AvgIpc) is 2.59. The summed E-state index contributed by atoms with van der Waals surface area (Å²) >= 11 is 0. The molecule has 4 heteroatoms. The number of hydrogen-bond acceptors (Lipinski definition) is 4. The molecule has 0 aromatic heterocycles. The van der Waals surface area contributed by atoms with Crippen molar-refractivity contribution in [1.82, 2.24) is 0 Å². The monoisotopic (exact) mass is 296 g/mol. The lowest BCUT2D eigenvalue weighted by molar-refractivity contribution is 0.350. The van der Waals surface area contributed by atoms with Crippen LogP contribution in [0.5, 0.6) is 0 Å². The van der Waals surface area contributed by atoms with E-state index in [9.17, 15) is 0 Å². The fraction of sp³-hybridized carbons (Fsp3) is 0.333. The van der Waals surface area contributed by atoms with E-state index in [4.69, 9.17) is 22.9 Å². The lowest BCUT2D eigenvalue weighted by Gasteiger charge is -2.36. The smallest absolute Gasteiger partial charge is 0.0376 e. The third kappa shape index (κ3) is 1.74. The predicted molar refractivity (Wildman–Crippen MR) is 93.6 cm³/mol. The van der Waals surface area contributed by atoms with Crippen molar-refractivity contribution in [2.45, 2.75) is 37.6 Å². The van der Waals surface area contributed by atoms with Gasteiger partial charge in [-0.2, -0.15) is 0 Å².